The number of rotatable bonds is 6. The second-order valence-corrected chi connectivity index (χ2v) is 7.41. The molecule has 0 amide bonds. The highest BCUT2D eigenvalue weighted by atomic mass is 32.2. The quantitative estimate of drug-likeness (QED) is 0.461. The lowest BCUT2D eigenvalue weighted by Crippen LogP contribution is -1.86. The van der Waals surface area contributed by atoms with E-state index in [9.17, 15) is 4.39 Å². The Labute approximate surface area is 163 Å². The van der Waals surface area contributed by atoms with Crippen molar-refractivity contribution in [2.45, 2.75) is 10.9 Å². The Hall–Kier alpha value is -2.71. The number of aromatic amines is 1. The number of thioether (sulfide) groups is 1. The highest BCUT2D eigenvalue weighted by molar-refractivity contribution is 7.98. The maximum Gasteiger partial charge on any atom is 0.209 e. The van der Waals surface area contributed by atoms with Crippen LogP contribution in [0.1, 0.15) is 5.69 Å². The Kier molecular flexibility index (Phi) is 5.17. The lowest BCUT2D eigenvalue weighted by atomic mass is 10.2. The van der Waals surface area contributed by atoms with E-state index in [1.54, 1.807) is 36.6 Å². The van der Waals surface area contributed by atoms with Gasteiger partial charge < -0.3 is 4.74 Å². The summed E-state index contributed by atoms with van der Waals surface area (Å²) in [6, 6.07) is 14.3. The number of methoxy groups -OCH3 is 1. The minimum atomic E-state index is -0.326. The second kappa shape index (κ2) is 7.89. The molecular formula is C19H15FN4OS2. The molecule has 2 aromatic carbocycles. The maximum atomic E-state index is 13.8. The van der Waals surface area contributed by atoms with Crippen LogP contribution in [0, 0.1) is 5.82 Å². The number of halogens is 1. The van der Waals surface area contributed by atoms with Gasteiger partial charge in [-0.3, -0.25) is 5.10 Å². The zero-order valence-corrected chi connectivity index (χ0v) is 16.0. The molecule has 2 heterocycles. The Morgan fingerprint density at radius 1 is 1.15 bits per heavy atom. The van der Waals surface area contributed by atoms with Gasteiger partial charge in [0.15, 0.2) is 5.82 Å². The minimum Gasteiger partial charge on any atom is -0.497 e. The molecule has 0 bridgehead atoms. The number of nitrogens with one attached hydrogen (secondary N) is 1. The fraction of sp³-hybridized carbons (Fsp3) is 0.105. The molecule has 0 aliphatic carbocycles. The van der Waals surface area contributed by atoms with Crippen molar-refractivity contribution in [1.82, 2.24) is 20.2 Å². The number of hydrogen-bond acceptors (Lipinski definition) is 6. The van der Waals surface area contributed by atoms with E-state index >= 15 is 0 Å². The van der Waals surface area contributed by atoms with Crippen LogP contribution in [-0.4, -0.2) is 27.3 Å². The van der Waals surface area contributed by atoms with Crippen LogP contribution in [0.15, 0.2) is 59.1 Å². The molecule has 136 valence electrons. The van der Waals surface area contributed by atoms with E-state index < -0.39 is 0 Å². The van der Waals surface area contributed by atoms with Crippen molar-refractivity contribution in [3.05, 3.63) is 65.4 Å². The lowest BCUT2D eigenvalue weighted by molar-refractivity contribution is 0.415. The molecule has 5 nitrogen and oxygen atoms in total. The predicted molar refractivity (Wildman–Crippen MR) is 105 cm³/mol. The van der Waals surface area contributed by atoms with Gasteiger partial charge in [-0.05, 0) is 24.3 Å². The van der Waals surface area contributed by atoms with Gasteiger partial charge in [0.25, 0.3) is 0 Å². The third-order valence-corrected chi connectivity index (χ3v) is 5.63. The summed E-state index contributed by atoms with van der Waals surface area (Å²) in [6.07, 6.45) is 0. The summed E-state index contributed by atoms with van der Waals surface area (Å²) in [5, 5.41) is 10.5. The molecule has 0 aliphatic rings. The van der Waals surface area contributed by atoms with E-state index in [0.717, 1.165) is 22.0 Å². The monoisotopic (exact) mass is 398 g/mol. The smallest absolute Gasteiger partial charge is 0.209 e. The summed E-state index contributed by atoms with van der Waals surface area (Å²) in [7, 11) is 1.65. The van der Waals surface area contributed by atoms with Gasteiger partial charge in [0.2, 0.25) is 5.16 Å². The molecule has 0 atom stereocenters. The molecule has 4 aromatic rings. The highest BCUT2D eigenvalue weighted by Gasteiger charge is 2.11. The van der Waals surface area contributed by atoms with Crippen molar-refractivity contribution < 1.29 is 9.13 Å². The number of benzene rings is 2. The molecule has 2 aromatic heterocycles. The summed E-state index contributed by atoms with van der Waals surface area (Å²) in [6.45, 7) is 0. The average Bonchev–Trinajstić information content (AvgIpc) is 3.36. The molecular weight excluding hydrogens is 383 g/mol. The van der Waals surface area contributed by atoms with Crippen LogP contribution in [0.3, 0.4) is 0 Å². The van der Waals surface area contributed by atoms with Gasteiger partial charge >= 0.3 is 0 Å². The first-order valence-corrected chi connectivity index (χ1v) is 9.98. The topological polar surface area (TPSA) is 63.7 Å². The largest absolute Gasteiger partial charge is 0.497 e. The zero-order valence-electron chi connectivity index (χ0n) is 14.3. The standard InChI is InChI=1S/C19H15FN4OS2/c1-25-14-6-4-5-12(9-14)18-21-13(10-26-18)11-27-19-22-17(23-24-19)15-7-2-3-8-16(15)20/h2-10H,11H2,1H3,(H,22,23,24). The van der Waals surface area contributed by atoms with Crippen molar-refractivity contribution in [1.29, 1.82) is 0 Å². The normalized spacial score (nSPS) is 10.9. The first-order valence-electron chi connectivity index (χ1n) is 8.12. The molecule has 0 saturated heterocycles. The second-order valence-electron chi connectivity index (χ2n) is 5.61. The first-order chi connectivity index (χ1) is 13.2. The van der Waals surface area contributed by atoms with E-state index in [-0.39, 0.29) is 5.82 Å². The fourth-order valence-electron chi connectivity index (χ4n) is 2.49. The number of ether oxygens (including phenoxy) is 1. The summed E-state index contributed by atoms with van der Waals surface area (Å²) >= 11 is 3.04. The van der Waals surface area contributed by atoms with Crippen molar-refractivity contribution in [2.75, 3.05) is 7.11 Å². The number of thiazole rings is 1. The Morgan fingerprint density at radius 2 is 2.04 bits per heavy atom. The summed E-state index contributed by atoms with van der Waals surface area (Å²) in [5.41, 5.74) is 2.38. The van der Waals surface area contributed by atoms with Crippen LogP contribution < -0.4 is 4.74 Å². The number of H-pyrrole nitrogens is 1. The van der Waals surface area contributed by atoms with Crippen LogP contribution >= 0.6 is 23.1 Å². The minimum absolute atomic E-state index is 0.326. The zero-order chi connectivity index (χ0) is 18.6. The van der Waals surface area contributed by atoms with Crippen LogP contribution in [-0.2, 0) is 5.75 Å². The van der Waals surface area contributed by atoms with Gasteiger partial charge in [-0.2, -0.15) is 0 Å². The number of hydrogen-bond donors (Lipinski definition) is 1. The molecule has 0 saturated carbocycles. The van der Waals surface area contributed by atoms with Crippen LogP contribution in [0.5, 0.6) is 5.75 Å². The average molecular weight is 398 g/mol. The fourth-order valence-corrected chi connectivity index (χ4v) is 4.10. The third-order valence-electron chi connectivity index (χ3n) is 3.81. The van der Waals surface area contributed by atoms with Gasteiger partial charge in [-0.25, -0.2) is 14.4 Å². The van der Waals surface area contributed by atoms with Gasteiger partial charge in [0, 0.05) is 16.7 Å². The van der Waals surface area contributed by atoms with E-state index in [4.69, 9.17) is 4.74 Å². The van der Waals surface area contributed by atoms with Crippen molar-refractivity contribution >= 4 is 23.1 Å². The van der Waals surface area contributed by atoms with Crippen LogP contribution in [0.25, 0.3) is 22.0 Å². The van der Waals surface area contributed by atoms with Gasteiger partial charge in [0.05, 0.1) is 18.4 Å². The molecule has 27 heavy (non-hydrogen) atoms. The number of aromatic nitrogens is 4. The van der Waals surface area contributed by atoms with E-state index in [2.05, 4.69) is 20.2 Å². The maximum absolute atomic E-state index is 13.8. The molecule has 1 N–H and O–H groups in total. The van der Waals surface area contributed by atoms with E-state index in [1.165, 1.54) is 17.8 Å². The highest BCUT2D eigenvalue weighted by Crippen LogP contribution is 2.29. The molecule has 0 fully saturated rings. The summed E-state index contributed by atoms with van der Waals surface area (Å²) in [5.74, 6) is 1.54. The molecule has 0 spiro atoms. The molecule has 0 radical (unpaired) electrons. The van der Waals surface area contributed by atoms with Crippen molar-refractivity contribution in [2.24, 2.45) is 0 Å². The van der Waals surface area contributed by atoms with Crippen molar-refractivity contribution in [3.63, 3.8) is 0 Å². The number of nitrogens with zero attached hydrogens (tertiary/aromatic N) is 3. The summed E-state index contributed by atoms with van der Waals surface area (Å²) in [4.78, 5) is 9.03. The summed E-state index contributed by atoms with van der Waals surface area (Å²) < 4.78 is 19.1. The lowest BCUT2D eigenvalue weighted by Gasteiger charge is -2.01. The van der Waals surface area contributed by atoms with Gasteiger partial charge in [0.1, 0.15) is 16.6 Å². The molecule has 4 rings (SSSR count). The van der Waals surface area contributed by atoms with Crippen LogP contribution in [0.2, 0.25) is 0 Å². The molecule has 8 heteroatoms. The van der Waals surface area contributed by atoms with Crippen LogP contribution in [0.4, 0.5) is 4.39 Å². The van der Waals surface area contributed by atoms with E-state index in [0.29, 0.717) is 22.3 Å². The predicted octanol–water partition coefficient (Wildman–Crippen LogP) is 5.04. The third kappa shape index (κ3) is 4.01. The molecule has 0 unspecified atom stereocenters. The SMILES string of the molecule is COc1cccc(-c2nc(CSc3n[nH]c(-c4ccccc4F)n3)cs2)c1. The van der Waals surface area contributed by atoms with E-state index in [1.807, 2.05) is 29.6 Å². The van der Waals surface area contributed by atoms with Gasteiger partial charge in [-0.15, -0.1) is 16.4 Å². The van der Waals surface area contributed by atoms with Crippen molar-refractivity contribution in [3.8, 4) is 27.7 Å². The van der Waals surface area contributed by atoms with Gasteiger partial charge in [-0.1, -0.05) is 36.0 Å². The molecule has 0 aliphatic heterocycles. The Morgan fingerprint density at radius 3 is 2.89 bits per heavy atom. The Balaban J connectivity index is 1.44. The Bertz CT molecular complexity index is 1060. The first kappa shape index (κ1) is 17.7.